The quantitative estimate of drug-likeness (QED) is 0.908. The lowest BCUT2D eigenvalue weighted by molar-refractivity contribution is -0.123. The first kappa shape index (κ1) is 13.8. The topological polar surface area (TPSA) is 55.1 Å². The van der Waals surface area contributed by atoms with Crippen LogP contribution in [-0.2, 0) is 11.2 Å². The molecule has 0 spiro atoms. The summed E-state index contributed by atoms with van der Waals surface area (Å²) in [6.45, 7) is 0. The second-order valence-corrected chi connectivity index (χ2v) is 5.54. The Morgan fingerprint density at radius 3 is 2.62 bits per heavy atom. The van der Waals surface area contributed by atoms with E-state index in [0.717, 1.165) is 24.8 Å². The molecule has 3 N–H and O–H groups in total. The highest BCUT2D eigenvalue weighted by Crippen LogP contribution is 2.29. The third kappa shape index (κ3) is 2.98. The second-order valence-electron chi connectivity index (χ2n) is 5.54. The number of fused-ring (bicyclic) bond motifs is 1. The molecule has 1 aliphatic carbocycles. The lowest BCUT2D eigenvalue weighted by Gasteiger charge is -2.27. The zero-order valence-electron chi connectivity index (χ0n) is 12.0. The normalized spacial score (nSPS) is 18.6. The maximum absolute atomic E-state index is 12.4. The third-order valence-electron chi connectivity index (χ3n) is 4.13. The third-order valence-corrected chi connectivity index (χ3v) is 4.13. The van der Waals surface area contributed by atoms with Crippen LogP contribution in [0.25, 0.3) is 0 Å². The van der Waals surface area contributed by atoms with Crippen LogP contribution in [0.4, 0.5) is 0 Å². The molecule has 1 unspecified atom stereocenters. The zero-order valence-corrected chi connectivity index (χ0v) is 12.0. The summed E-state index contributed by atoms with van der Waals surface area (Å²) in [6.07, 6.45) is 3.17. The average molecular weight is 280 g/mol. The highest BCUT2D eigenvalue weighted by molar-refractivity contribution is 5.83. The summed E-state index contributed by atoms with van der Waals surface area (Å²) < 4.78 is 0. The van der Waals surface area contributed by atoms with Crippen LogP contribution >= 0.6 is 0 Å². The number of hydrogen-bond acceptors (Lipinski definition) is 2. The van der Waals surface area contributed by atoms with Crippen molar-refractivity contribution in [3.05, 3.63) is 71.3 Å². The van der Waals surface area contributed by atoms with Gasteiger partial charge in [0.1, 0.15) is 6.04 Å². The van der Waals surface area contributed by atoms with Gasteiger partial charge in [0, 0.05) is 0 Å². The van der Waals surface area contributed by atoms with Gasteiger partial charge in [-0.1, -0.05) is 54.6 Å². The van der Waals surface area contributed by atoms with Gasteiger partial charge in [-0.05, 0) is 36.0 Å². The van der Waals surface area contributed by atoms with Crippen LogP contribution in [0.15, 0.2) is 54.6 Å². The second kappa shape index (κ2) is 6.10. The number of hydrogen-bond donors (Lipinski definition) is 2. The van der Waals surface area contributed by atoms with Crippen molar-refractivity contribution in [2.24, 2.45) is 5.73 Å². The number of rotatable bonds is 3. The molecule has 0 aliphatic heterocycles. The molecule has 108 valence electrons. The van der Waals surface area contributed by atoms with Gasteiger partial charge in [-0.2, -0.15) is 0 Å². The van der Waals surface area contributed by atoms with Gasteiger partial charge in [0.2, 0.25) is 5.91 Å². The van der Waals surface area contributed by atoms with E-state index in [-0.39, 0.29) is 11.9 Å². The Morgan fingerprint density at radius 1 is 1.10 bits per heavy atom. The molecule has 0 radical (unpaired) electrons. The molecule has 1 aliphatic rings. The fraction of sp³-hybridized carbons (Fsp3) is 0.278. The predicted octanol–water partition coefficient (Wildman–Crippen LogP) is 2.88. The molecule has 1 amide bonds. The fourth-order valence-corrected chi connectivity index (χ4v) is 2.98. The number of carbonyl (C=O) groups excluding carboxylic acids is 1. The maximum Gasteiger partial charge on any atom is 0.241 e. The van der Waals surface area contributed by atoms with Crippen molar-refractivity contribution in [1.29, 1.82) is 0 Å². The van der Waals surface area contributed by atoms with Crippen LogP contribution in [0, 0.1) is 0 Å². The van der Waals surface area contributed by atoms with Gasteiger partial charge in [-0.15, -0.1) is 0 Å². The lowest BCUT2D eigenvalue weighted by atomic mass is 9.87. The molecule has 0 saturated heterocycles. The van der Waals surface area contributed by atoms with Crippen LogP contribution < -0.4 is 11.1 Å². The number of aryl methyl sites for hydroxylation is 1. The molecule has 2 atom stereocenters. The van der Waals surface area contributed by atoms with Gasteiger partial charge in [0.15, 0.2) is 0 Å². The molecule has 3 rings (SSSR count). The minimum Gasteiger partial charge on any atom is -0.348 e. The van der Waals surface area contributed by atoms with Crippen molar-refractivity contribution in [2.75, 3.05) is 0 Å². The maximum atomic E-state index is 12.4. The van der Waals surface area contributed by atoms with Crippen molar-refractivity contribution in [3.8, 4) is 0 Å². The Hall–Kier alpha value is -2.13. The van der Waals surface area contributed by atoms with Crippen LogP contribution in [0.3, 0.4) is 0 Å². The minimum atomic E-state index is -0.611. The molecule has 0 bridgehead atoms. The van der Waals surface area contributed by atoms with Gasteiger partial charge in [-0.25, -0.2) is 0 Å². The molecule has 0 heterocycles. The summed E-state index contributed by atoms with van der Waals surface area (Å²) in [5.41, 5.74) is 9.48. The van der Waals surface area contributed by atoms with Crippen LogP contribution in [0.2, 0.25) is 0 Å². The number of benzene rings is 2. The zero-order chi connectivity index (χ0) is 14.7. The largest absolute Gasteiger partial charge is 0.348 e. The standard InChI is InChI=1S/C18H20N2O/c19-17(14-8-2-1-3-9-14)18(21)20-16-12-6-10-13-7-4-5-11-15(13)16/h1-5,7-9,11,16-17H,6,10,12,19H2,(H,20,21)/t16?,17-/m1/s1. The van der Waals surface area contributed by atoms with E-state index < -0.39 is 6.04 Å². The number of amides is 1. The van der Waals surface area contributed by atoms with Crippen LogP contribution in [0.5, 0.6) is 0 Å². The van der Waals surface area contributed by atoms with Gasteiger partial charge in [0.25, 0.3) is 0 Å². The van der Waals surface area contributed by atoms with Crippen molar-refractivity contribution < 1.29 is 4.79 Å². The van der Waals surface area contributed by atoms with Crippen LogP contribution in [0.1, 0.15) is 41.6 Å². The predicted molar refractivity (Wildman–Crippen MR) is 83.6 cm³/mol. The highest BCUT2D eigenvalue weighted by Gasteiger charge is 2.24. The number of nitrogens with one attached hydrogen (secondary N) is 1. The summed E-state index contributed by atoms with van der Waals surface area (Å²) in [5, 5.41) is 3.11. The molecule has 0 aromatic heterocycles. The molecule has 0 fully saturated rings. The summed E-state index contributed by atoms with van der Waals surface area (Å²) in [6, 6.07) is 17.3. The fourth-order valence-electron chi connectivity index (χ4n) is 2.98. The van der Waals surface area contributed by atoms with E-state index in [4.69, 9.17) is 5.73 Å². The summed E-state index contributed by atoms with van der Waals surface area (Å²) in [4.78, 5) is 12.4. The lowest BCUT2D eigenvalue weighted by Crippen LogP contribution is -2.37. The van der Waals surface area contributed by atoms with Crippen LogP contribution in [-0.4, -0.2) is 5.91 Å². The Kier molecular flexibility index (Phi) is 4.02. The first-order valence-corrected chi connectivity index (χ1v) is 7.44. The van der Waals surface area contributed by atoms with Gasteiger partial charge >= 0.3 is 0 Å². The Bertz CT molecular complexity index is 624. The molecule has 2 aromatic carbocycles. The molecule has 3 heteroatoms. The van der Waals surface area contributed by atoms with E-state index in [2.05, 4.69) is 23.5 Å². The number of nitrogens with two attached hydrogens (primary N) is 1. The van der Waals surface area contributed by atoms with E-state index in [1.165, 1.54) is 11.1 Å². The Labute approximate surface area is 125 Å². The molecule has 2 aromatic rings. The Morgan fingerprint density at radius 2 is 1.81 bits per heavy atom. The van der Waals surface area contributed by atoms with E-state index >= 15 is 0 Å². The highest BCUT2D eigenvalue weighted by atomic mass is 16.2. The van der Waals surface area contributed by atoms with E-state index in [1.807, 2.05) is 36.4 Å². The van der Waals surface area contributed by atoms with Gasteiger partial charge in [-0.3, -0.25) is 4.79 Å². The Balaban J connectivity index is 1.74. The molecule has 21 heavy (non-hydrogen) atoms. The van der Waals surface area contributed by atoms with E-state index in [1.54, 1.807) is 0 Å². The number of carbonyl (C=O) groups is 1. The van der Waals surface area contributed by atoms with E-state index in [9.17, 15) is 4.79 Å². The van der Waals surface area contributed by atoms with Crippen molar-refractivity contribution in [1.82, 2.24) is 5.32 Å². The van der Waals surface area contributed by atoms with E-state index in [0.29, 0.717) is 0 Å². The average Bonchev–Trinajstić information content (AvgIpc) is 2.55. The first-order valence-electron chi connectivity index (χ1n) is 7.44. The van der Waals surface area contributed by atoms with Crippen molar-refractivity contribution in [2.45, 2.75) is 31.3 Å². The smallest absolute Gasteiger partial charge is 0.241 e. The van der Waals surface area contributed by atoms with Crippen molar-refractivity contribution >= 4 is 5.91 Å². The molecule has 3 nitrogen and oxygen atoms in total. The summed E-state index contributed by atoms with van der Waals surface area (Å²) >= 11 is 0. The minimum absolute atomic E-state index is 0.0808. The summed E-state index contributed by atoms with van der Waals surface area (Å²) in [5.74, 6) is -0.108. The van der Waals surface area contributed by atoms with Gasteiger partial charge < -0.3 is 11.1 Å². The molecular formula is C18H20N2O. The first-order chi connectivity index (χ1) is 10.3. The van der Waals surface area contributed by atoms with Gasteiger partial charge in [0.05, 0.1) is 6.04 Å². The monoisotopic (exact) mass is 280 g/mol. The van der Waals surface area contributed by atoms with Crippen molar-refractivity contribution in [3.63, 3.8) is 0 Å². The molecular weight excluding hydrogens is 260 g/mol. The molecule has 0 saturated carbocycles. The SMILES string of the molecule is N[C@@H](C(=O)NC1CCCc2ccccc21)c1ccccc1. The summed E-state index contributed by atoms with van der Waals surface area (Å²) in [7, 11) is 0.